The maximum atomic E-state index is 12.4. The van der Waals surface area contributed by atoms with Crippen molar-refractivity contribution in [2.75, 3.05) is 18.4 Å². The van der Waals surface area contributed by atoms with E-state index < -0.39 is 0 Å². The summed E-state index contributed by atoms with van der Waals surface area (Å²) >= 11 is 0. The van der Waals surface area contributed by atoms with E-state index in [4.69, 9.17) is 8.83 Å². The van der Waals surface area contributed by atoms with Crippen molar-refractivity contribution >= 4 is 17.8 Å². The van der Waals surface area contributed by atoms with Gasteiger partial charge in [-0.15, -0.1) is 0 Å². The highest BCUT2D eigenvalue weighted by atomic mass is 16.3. The number of rotatable bonds is 18. The maximum absolute atomic E-state index is 12.4. The molecule has 0 saturated heterocycles. The highest BCUT2D eigenvalue weighted by molar-refractivity contribution is 5.92. The maximum Gasteiger partial charge on any atom is 0.320 e. The van der Waals surface area contributed by atoms with Crippen molar-refractivity contribution in [3.8, 4) is 23.2 Å². The number of hydrogen-bond donors (Lipinski definition) is 3. The number of amides is 3. The molecular formula is C29H42N6O4. The molecule has 0 radical (unpaired) electrons. The van der Waals surface area contributed by atoms with Gasteiger partial charge in [0.2, 0.25) is 11.8 Å². The minimum absolute atomic E-state index is 0.206. The van der Waals surface area contributed by atoms with E-state index in [2.05, 4.69) is 44.7 Å². The van der Waals surface area contributed by atoms with Crippen molar-refractivity contribution in [3.05, 3.63) is 36.4 Å². The smallest absolute Gasteiger partial charge is 0.320 e. The van der Waals surface area contributed by atoms with Crippen LogP contribution in [0.2, 0.25) is 0 Å². The Labute approximate surface area is 230 Å². The summed E-state index contributed by atoms with van der Waals surface area (Å²) in [6.07, 6.45) is 16.6. The second-order valence-electron chi connectivity index (χ2n) is 9.66. The number of nitrogens with one attached hydrogen (secondary N) is 3. The average molecular weight is 539 g/mol. The van der Waals surface area contributed by atoms with E-state index in [9.17, 15) is 9.59 Å². The van der Waals surface area contributed by atoms with E-state index in [0.29, 0.717) is 24.5 Å². The highest BCUT2D eigenvalue weighted by Gasteiger charge is 2.16. The first kappa shape index (κ1) is 29.9. The first-order chi connectivity index (χ1) is 19.1. The van der Waals surface area contributed by atoms with Gasteiger partial charge >= 0.3 is 6.03 Å². The van der Waals surface area contributed by atoms with Gasteiger partial charge in [0.15, 0.2) is 11.5 Å². The summed E-state index contributed by atoms with van der Waals surface area (Å²) in [5, 5.41) is 8.41. The number of pyridine rings is 1. The lowest BCUT2D eigenvalue weighted by molar-refractivity contribution is 0.0948. The van der Waals surface area contributed by atoms with Gasteiger partial charge in [-0.1, -0.05) is 84.1 Å². The van der Waals surface area contributed by atoms with Crippen LogP contribution >= 0.6 is 0 Å². The quantitative estimate of drug-likeness (QED) is 0.149. The fourth-order valence-electron chi connectivity index (χ4n) is 4.08. The number of anilines is 1. The fraction of sp³-hybridized carbons (Fsp3) is 0.552. The lowest BCUT2D eigenvalue weighted by atomic mass is 10.1. The van der Waals surface area contributed by atoms with Gasteiger partial charge in [0.05, 0.1) is 0 Å². The van der Waals surface area contributed by atoms with Crippen LogP contribution in [-0.4, -0.2) is 40.0 Å². The Balaban J connectivity index is 1.46. The van der Waals surface area contributed by atoms with Crippen LogP contribution in [0.5, 0.6) is 0 Å². The predicted molar refractivity (Wildman–Crippen MR) is 151 cm³/mol. The number of hydrogen-bond acceptors (Lipinski definition) is 7. The summed E-state index contributed by atoms with van der Waals surface area (Å²) in [4.78, 5) is 37.7. The number of carbonyl (C=O) groups is 2. The van der Waals surface area contributed by atoms with Crippen LogP contribution < -0.4 is 16.0 Å². The second-order valence-corrected chi connectivity index (χ2v) is 9.66. The molecule has 0 unspecified atom stereocenters. The molecule has 0 aliphatic carbocycles. The Morgan fingerprint density at radius 3 is 1.92 bits per heavy atom. The zero-order valence-corrected chi connectivity index (χ0v) is 23.3. The molecule has 212 valence electrons. The number of unbranched alkanes of at least 4 members (excludes halogenated alkanes) is 10. The van der Waals surface area contributed by atoms with Gasteiger partial charge in [0.1, 0.15) is 23.9 Å². The average Bonchev–Trinajstić information content (AvgIpc) is 3.63. The van der Waals surface area contributed by atoms with E-state index in [0.717, 1.165) is 25.7 Å². The van der Waals surface area contributed by atoms with Crippen molar-refractivity contribution in [3.63, 3.8) is 0 Å². The number of urea groups is 1. The first-order valence-electron chi connectivity index (χ1n) is 14.3. The SMILES string of the molecule is CCCCCCCCNC(=O)Nc1coc(-c2cccc(-c3nc(C(=O)NCCCCCCCC)co3)n2)n1. The lowest BCUT2D eigenvalue weighted by Crippen LogP contribution is -2.29. The van der Waals surface area contributed by atoms with Crippen LogP contribution in [0.15, 0.2) is 39.6 Å². The fourth-order valence-corrected chi connectivity index (χ4v) is 4.08. The van der Waals surface area contributed by atoms with Crippen molar-refractivity contribution in [2.45, 2.75) is 90.9 Å². The molecule has 0 spiro atoms. The summed E-state index contributed by atoms with van der Waals surface area (Å²) in [7, 11) is 0. The Morgan fingerprint density at radius 1 is 0.692 bits per heavy atom. The van der Waals surface area contributed by atoms with Crippen molar-refractivity contribution in [1.29, 1.82) is 0 Å². The zero-order chi connectivity index (χ0) is 27.7. The molecule has 3 heterocycles. The summed E-state index contributed by atoms with van der Waals surface area (Å²) < 4.78 is 11.0. The van der Waals surface area contributed by atoms with Crippen LogP contribution in [0, 0.1) is 0 Å². The number of carbonyl (C=O) groups excluding carboxylic acids is 2. The molecule has 39 heavy (non-hydrogen) atoms. The third-order valence-corrected chi connectivity index (χ3v) is 6.30. The molecule has 10 heteroatoms. The van der Waals surface area contributed by atoms with Crippen molar-refractivity contribution < 1.29 is 18.4 Å². The van der Waals surface area contributed by atoms with Gasteiger partial charge in [-0.3, -0.25) is 10.1 Å². The lowest BCUT2D eigenvalue weighted by Gasteiger charge is -2.05. The van der Waals surface area contributed by atoms with Gasteiger partial charge in [-0.2, -0.15) is 4.98 Å². The minimum Gasteiger partial charge on any atom is -0.442 e. The zero-order valence-electron chi connectivity index (χ0n) is 23.3. The molecule has 0 bridgehead atoms. The van der Waals surface area contributed by atoms with Crippen LogP contribution in [0.25, 0.3) is 23.2 Å². The molecule has 0 aliphatic heterocycles. The molecular weight excluding hydrogens is 496 g/mol. The second kappa shape index (κ2) is 17.0. The van der Waals surface area contributed by atoms with Crippen LogP contribution in [0.4, 0.5) is 10.6 Å². The summed E-state index contributed by atoms with van der Waals surface area (Å²) in [5.41, 5.74) is 1.09. The number of aromatic nitrogens is 3. The van der Waals surface area contributed by atoms with Gasteiger partial charge in [0, 0.05) is 13.1 Å². The van der Waals surface area contributed by atoms with Crippen LogP contribution in [-0.2, 0) is 0 Å². The van der Waals surface area contributed by atoms with Crippen LogP contribution in [0.3, 0.4) is 0 Å². The Bertz CT molecular complexity index is 1140. The largest absolute Gasteiger partial charge is 0.442 e. The Hall–Kier alpha value is -3.69. The molecule has 0 saturated carbocycles. The van der Waals surface area contributed by atoms with Crippen molar-refractivity contribution in [2.24, 2.45) is 0 Å². The van der Waals surface area contributed by atoms with Gasteiger partial charge in [0.25, 0.3) is 5.91 Å². The van der Waals surface area contributed by atoms with E-state index in [-0.39, 0.29) is 35.2 Å². The molecule has 0 aromatic carbocycles. The minimum atomic E-state index is -0.327. The van der Waals surface area contributed by atoms with Gasteiger partial charge < -0.3 is 19.5 Å². The predicted octanol–water partition coefficient (Wildman–Crippen LogP) is 6.96. The molecule has 3 rings (SSSR count). The Kier molecular flexibility index (Phi) is 13.0. The summed E-state index contributed by atoms with van der Waals surface area (Å²) in [6.45, 7) is 5.61. The van der Waals surface area contributed by atoms with E-state index in [1.54, 1.807) is 18.2 Å². The molecule has 10 nitrogen and oxygen atoms in total. The molecule has 0 aliphatic rings. The van der Waals surface area contributed by atoms with Crippen molar-refractivity contribution in [1.82, 2.24) is 25.6 Å². The van der Waals surface area contributed by atoms with E-state index in [1.807, 2.05) is 0 Å². The molecule has 0 atom stereocenters. The molecule has 3 aromatic heterocycles. The van der Waals surface area contributed by atoms with Gasteiger partial charge in [-0.05, 0) is 25.0 Å². The topological polar surface area (TPSA) is 135 Å². The number of nitrogens with zero attached hydrogens (tertiary/aromatic N) is 3. The Morgan fingerprint density at radius 2 is 1.26 bits per heavy atom. The summed E-state index contributed by atoms with van der Waals surface area (Å²) in [6, 6.07) is 4.90. The molecule has 3 aromatic rings. The monoisotopic (exact) mass is 538 g/mol. The third kappa shape index (κ3) is 10.5. The van der Waals surface area contributed by atoms with Crippen LogP contribution in [0.1, 0.15) is 101 Å². The third-order valence-electron chi connectivity index (χ3n) is 6.30. The molecule has 0 fully saturated rings. The normalized spacial score (nSPS) is 10.9. The van der Waals surface area contributed by atoms with E-state index in [1.165, 1.54) is 63.9 Å². The van der Waals surface area contributed by atoms with E-state index >= 15 is 0 Å². The molecule has 3 amide bonds. The first-order valence-corrected chi connectivity index (χ1v) is 14.3. The number of oxazole rings is 2. The van der Waals surface area contributed by atoms with Gasteiger partial charge in [-0.25, -0.2) is 14.8 Å². The summed E-state index contributed by atoms with van der Waals surface area (Å²) in [5.74, 6) is 0.484. The standard InChI is InChI=1S/C29H42N6O4/c1-3-5-7-9-11-13-18-30-26(36)24-20-38-27(33-24)22-16-15-17-23(32-22)28-34-25(21-39-28)35-29(37)31-19-14-12-10-8-6-4-2/h15-17,20-21H,3-14,18-19H2,1-2H3,(H,30,36)(H2,31,35,37). The highest BCUT2D eigenvalue weighted by Crippen LogP contribution is 2.23. The molecule has 3 N–H and O–H groups in total.